The van der Waals surface area contributed by atoms with E-state index in [1.807, 2.05) is 18.2 Å². The molecule has 0 spiro atoms. The Labute approximate surface area is 110 Å². The van der Waals surface area contributed by atoms with Gasteiger partial charge in [0.1, 0.15) is 0 Å². The van der Waals surface area contributed by atoms with Crippen LogP contribution in [0.3, 0.4) is 0 Å². The zero-order chi connectivity index (χ0) is 13.6. The predicted octanol–water partition coefficient (Wildman–Crippen LogP) is 3.77. The number of carbonyl (C=O) groups is 1. The van der Waals surface area contributed by atoms with Gasteiger partial charge in [-0.05, 0) is 40.5 Å². The topological polar surface area (TPSA) is 37.3 Å². The first-order valence-electron chi connectivity index (χ1n) is 5.48. The normalized spacial score (nSPS) is 20.3. The average molecular weight is 262 g/mol. The van der Waals surface area contributed by atoms with E-state index < -0.39 is 16.0 Å². The summed E-state index contributed by atoms with van der Waals surface area (Å²) in [7, 11) is -0.856. The van der Waals surface area contributed by atoms with Gasteiger partial charge >= 0.3 is 5.97 Å². The van der Waals surface area contributed by atoms with Crippen LogP contribution in [0, 0.1) is 0 Å². The van der Waals surface area contributed by atoms with Crippen LogP contribution in [0.1, 0.15) is 0 Å². The van der Waals surface area contributed by atoms with Gasteiger partial charge in [0.2, 0.25) is 0 Å². The maximum absolute atomic E-state index is 10.8. The predicted molar refractivity (Wildman–Crippen MR) is 80.9 cm³/mol. The molecule has 1 aliphatic rings. The van der Waals surface area contributed by atoms with Crippen molar-refractivity contribution in [1.82, 2.24) is 0 Å². The summed E-state index contributed by atoms with van der Waals surface area (Å²) in [6.45, 7) is 3.57. The van der Waals surface area contributed by atoms with Crippen molar-refractivity contribution in [3.63, 3.8) is 0 Å². The second-order valence-electron chi connectivity index (χ2n) is 4.28. The van der Waals surface area contributed by atoms with E-state index in [9.17, 15) is 4.79 Å². The van der Waals surface area contributed by atoms with Gasteiger partial charge < -0.3 is 5.11 Å². The van der Waals surface area contributed by atoms with Crippen LogP contribution in [0.4, 0.5) is 0 Å². The summed E-state index contributed by atoms with van der Waals surface area (Å²) in [5.74, 6) is -0.934. The zero-order valence-electron chi connectivity index (χ0n) is 10.7. The molecular formula is C15H18O2S. The van der Waals surface area contributed by atoms with Crippen molar-refractivity contribution >= 4 is 16.0 Å². The van der Waals surface area contributed by atoms with Crippen molar-refractivity contribution in [2.24, 2.45) is 0 Å². The van der Waals surface area contributed by atoms with Crippen LogP contribution < -0.4 is 0 Å². The lowest BCUT2D eigenvalue weighted by Crippen LogP contribution is -1.92. The fourth-order valence-corrected chi connectivity index (χ4v) is 2.93. The SMILES string of the molecule is C=C/C=C/C=C/C(=C\C(=O)O)C1=CS(C)(C)C=C1. The maximum Gasteiger partial charge on any atom is 0.328 e. The van der Waals surface area contributed by atoms with Crippen molar-refractivity contribution in [2.75, 3.05) is 12.5 Å². The summed E-state index contributed by atoms with van der Waals surface area (Å²) >= 11 is 0. The molecule has 3 heteroatoms. The molecule has 18 heavy (non-hydrogen) atoms. The highest BCUT2D eigenvalue weighted by molar-refractivity contribution is 8.37. The third-order valence-electron chi connectivity index (χ3n) is 2.28. The van der Waals surface area contributed by atoms with Crippen LogP contribution in [-0.4, -0.2) is 23.6 Å². The Morgan fingerprint density at radius 3 is 2.56 bits per heavy atom. The number of hydrogen-bond acceptors (Lipinski definition) is 1. The molecule has 0 amide bonds. The standard InChI is InChI=1S/C15H18O2S/c1-4-5-6-7-8-13(11-15(16)17)14-9-10-18(2,3)12-14/h4-12H,1H2,2-3H3,(H,16,17)/b6-5+,8-7+,13-11+. The van der Waals surface area contributed by atoms with Crippen LogP contribution in [0.2, 0.25) is 0 Å². The Kier molecular flexibility index (Phi) is 4.98. The number of allylic oxidation sites excluding steroid dienone is 8. The number of hydrogen-bond donors (Lipinski definition) is 1. The Morgan fingerprint density at radius 2 is 2.06 bits per heavy atom. The van der Waals surface area contributed by atoms with Gasteiger partial charge in [-0.1, -0.05) is 37.0 Å². The fourth-order valence-electron chi connectivity index (χ4n) is 1.48. The highest BCUT2D eigenvalue weighted by atomic mass is 32.3. The van der Waals surface area contributed by atoms with E-state index in [-0.39, 0.29) is 0 Å². The van der Waals surface area contributed by atoms with Crippen LogP contribution in [0.15, 0.2) is 71.1 Å². The lowest BCUT2D eigenvalue weighted by molar-refractivity contribution is -0.131. The van der Waals surface area contributed by atoms with Gasteiger partial charge in [-0.3, -0.25) is 0 Å². The molecule has 0 aliphatic carbocycles. The highest BCUT2D eigenvalue weighted by Crippen LogP contribution is 2.49. The van der Waals surface area contributed by atoms with E-state index in [4.69, 9.17) is 5.11 Å². The third kappa shape index (κ3) is 4.63. The molecule has 96 valence electrons. The number of carboxylic acids is 1. The summed E-state index contributed by atoms with van der Waals surface area (Å²) in [5, 5.41) is 13.2. The van der Waals surface area contributed by atoms with Gasteiger partial charge in [0.25, 0.3) is 0 Å². The molecule has 0 unspecified atom stereocenters. The average Bonchev–Trinajstić information content (AvgIpc) is 2.63. The number of aliphatic carboxylic acids is 1. The molecule has 0 saturated carbocycles. The Morgan fingerprint density at radius 1 is 1.33 bits per heavy atom. The highest BCUT2D eigenvalue weighted by Gasteiger charge is 2.14. The Balaban J connectivity index is 2.99. The van der Waals surface area contributed by atoms with E-state index in [1.54, 1.807) is 18.2 Å². The summed E-state index contributed by atoms with van der Waals surface area (Å²) in [6, 6.07) is 0. The monoisotopic (exact) mass is 262 g/mol. The first-order valence-corrected chi connectivity index (χ1v) is 8.06. The second kappa shape index (κ2) is 6.26. The molecule has 0 fully saturated rings. The minimum absolute atomic E-state index is 0.713. The largest absolute Gasteiger partial charge is 0.478 e. The third-order valence-corrected chi connectivity index (χ3v) is 3.97. The van der Waals surface area contributed by atoms with E-state index in [0.717, 1.165) is 5.57 Å². The molecule has 0 radical (unpaired) electrons. The molecule has 1 N–H and O–H groups in total. The molecule has 0 atom stereocenters. The Bertz CT molecular complexity index is 489. The molecule has 1 heterocycles. The van der Waals surface area contributed by atoms with Gasteiger partial charge in [0.05, 0.1) is 0 Å². The van der Waals surface area contributed by atoms with E-state index >= 15 is 0 Å². The van der Waals surface area contributed by atoms with Crippen molar-refractivity contribution in [3.05, 3.63) is 71.1 Å². The molecule has 1 aliphatic heterocycles. The summed E-state index contributed by atoms with van der Waals surface area (Å²) in [5.41, 5.74) is 1.69. The summed E-state index contributed by atoms with van der Waals surface area (Å²) in [4.78, 5) is 10.8. The van der Waals surface area contributed by atoms with Gasteiger partial charge in [-0.2, -0.15) is 0 Å². The van der Waals surface area contributed by atoms with E-state index in [1.165, 1.54) is 6.08 Å². The van der Waals surface area contributed by atoms with E-state index in [0.29, 0.717) is 5.57 Å². The van der Waals surface area contributed by atoms with Gasteiger partial charge in [-0.15, -0.1) is 0 Å². The van der Waals surface area contributed by atoms with Crippen LogP contribution in [-0.2, 0) is 4.79 Å². The minimum atomic E-state index is -0.934. The summed E-state index contributed by atoms with van der Waals surface area (Å²) < 4.78 is 0. The molecular weight excluding hydrogens is 244 g/mol. The fraction of sp³-hybridized carbons (Fsp3) is 0.133. The first kappa shape index (κ1) is 14.3. The first-order chi connectivity index (χ1) is 8.44. The zero-order valence-corrected chi connectivity index (χ0v) is 11.5. The van der Waals surface area contributed by atoms with Crippen LogP contribution >= 0.6 is 10.0 Å². The van der Waals surface area contributed by atoms with Crippen molar-refractivity contribution in [1.29, 1.82) is 0 Å². The molecule has 0 aromatic rings. The van der Waals surface area contributed by atoms with Crippen molar-refractivity contribution < 1.29 is 9.90 Å². The van der Waals surface area contributed by atoms with Crippen LogP contribution in [0.25, 0.3) is 0 Å². The molecule has 0 bridgehead atoms. The number of carboxylic acid groups (broad SMARTS) is 1. The summed E-state index contributed by atoms with van der Waals surface area (Å²) in [6.07, 6.45) is 16.4. The lowest BCUT2D eigenvalue weighted by Gasteiger charge is -2.17. The molecule has 1 rings (SSSR count). The molecule has 2 nitrogen and oxygen atoms in total. The quantitative estimate of drug-likeness (QED) is 0.605. The molecule has 0 aromatic carbocycles. The second-order valence-corrected chi connectivity index (χ2v) is 7.76. The van der Waals surface area contributed by atoms with Gasteiger partial charge in [0, 0.05) is 6.08 Å². The lowest BCUT2D eigenvalue weighted by atomic mass is 10.1. The molecule has 0 aromatic heterocycles. The van der Waals surface area contributed by atoms with Gasteiger partial charge in [0.15, 0.2) is 0 Å². The number of rotatable bonds is 5. The Hall–Kier alpha value is -1.74. The van der Waals surface area contributed by atoms with Gasteiger partial charge in [-0.25, -0.2) is 14.8 Å². The van der Waals surface area contributed by atoms with Crippen molar-refractivity contribution in [3.8, 4) is 0 Å². The van der Waals surface area contributed by atoms with E-state index in [2.05, 4.69) is 29.9 Å². The maximum atomic E-state index is 10.8. The smallest absolute Gasteiger partial charge is 0.328 e. The minimum Gasteiger partial charge on any atom is -0.478 e. The van der Waals surface area contributed by atoms with Crippen LogP contribution in [0.5, 0.6) is 0 Å². The van der Waals surface area contributed by atoms with Crippen molar-refractivity contribution in [2.45, 2.75) is 0 Å². The molecule has 0 saturated heterocycles.